The van der Waals surface area contributed by atoms with E-state index in [1.807, 2.05) is 0 Å². The van der Waals surface area contributed by atoms with Gasteiger partial charge in [-0.05, 0) is 20.3 Å². The highest BCUT2D eigenvalue weighted by Crippen LogP contribution is 2.04. The lowest BCUT2D eigenvalue weighted by molar-refractivity contribution is 0.204. The molecule has 0 heterocycles. The monoisotopic (exact) mass is 203 g/mol. The van der Waals surface area contributed by atoms with E-state index in [2.05, 4.69) is 38.0 Å². The Hall–Kier alpha value is 0.01000. The molecular formula is C10H21NOS. The molecule has 13 heavy (non-hydrogen) atoms. The summed E-state index contributed by atoms with van der Waals surface area (Å²) in [7, 11) is 0. The molecule has 0 fully saturated rings. The number of rotatable bonds is 7. The predicted molar refractivity (Wildman–Crippen MR) is 61.4 cm³/mol. The SMILES string of the molecule is C=C(CS)CN(CCCO)C(C)C. The molecule has 0 atom stereocenters. The van der Waals surface area contributed by atoms with Gasteiger partial charge in [-0.25, -0.2) is 0 Å². The summed E-state index contributed by atoms with van der Waals surface area (Å²) in [6.45, 7) is 10.3. The van der Waals surface area contributed by atoms with E-state index in [1.165, 1.54) is 0 Å². The molecule has 0 spiro atoms. The van der Waals surface area contributed by atoms with Crippen LogP contribution in [0.2, 0.25) is 0 Å². The van der Waals surface area contributed by atoms with Gasteiger partial charge < -0.3 is 5.11 Å². The van der Waals surface area contributed by atoms with Crippen molar-refractivity contribution in [3.63, 3.8) is 0 Å². The van der Waals surface area contributed by atoms with Crippen molar-refractivity contribution in [3.05, 3.63) is 12.2 Å². The molecule has 0 aromatic carbocycles. The van der Waals surface area contributed by atoms with Crippen LogP contribution in [0.3, 0.4) is 0 Å². The Morgan fingerprint density at radius 3 is 2.54 bits per heavy atom. The minimum Gasteiger partial charge on any atom is -0.396 e. The van der Waals surface area contributed by atoms with Crippen molar-refractivity contribution < 1.29 is 5.11 Å². The van der Waals surface area contributed by atoms with Gasteiger partial charge in [-0.15, -0.1) is 0 Å². The molecule has 0 amide bonds. The van der Waals surface area contributed by atoms with Gasteiger partial charge in [0.1, 0.15) is 0 Å². The van der Waals surface area contributed by atoms with Crippen LogP contribution in [0.15, 0.2) is 12.2 Å². The number of aliphatic hydroxyl groups is 1. The molecule has 0 radical (unpaired) electrons. The van der Waals surface area contributed by atoms with Crippen LogP contribution >= 0.6 is 12.6 Å². The minimum atomic E-state index is 0.260. The molecule has 0 saturated heterocycles. The van der Waals surface area contributed by atoms with Crippen molar-refractivity contribution in [2.75, 3.05) is 25.4 Å². The van der Waals surface area contributed by atoms with Gasteiger partial charge in [-0.2, -0.15) is 12.6 Å². The first-order valence-electron chi connectivity index (χ1n) is 4.74. The molecule has 0 rings (SSSR count). The van der Waals surface area contributed by atoms with Gasteiger partial charge in [-0.3, -0.25) is 4.90 Å². The maximum absolute atomic E-state index is 8.72. The third-order valence-corrected chi connectivity index (χ3v) is 2.43. The van der Waals surface area contributed by atoms with Gasteiger partial charge in [0.15, 0.2) is 0 Å². The number of aliphatic hydroxyl groups excluding tert-OH is 1. The fraction of sp³-hybridized carbons (Fsp3) is 0.800. The quantitative estimate of drug-likeness (QED) is 0.484. The Morgan fingerprint density at radius 1 is 1.54 bits per heavy atom. The molecule has 0 unspecified atom stereocenters. The molecule has 0 aromatic heterocycles. The zero-order chi connectivity index (χ0) is 10.3. The van der Waals surface area contributed by atoms with Gasteiger partial charge in [0, 0.05) is 31.5 Å². The Morgan fingerprint density at radius 2 is 2.15 bits per heavy atom. The summed E-state index contributed by atoms with van der Waals surface area (Å²) in [6, 6.07) is 0.503. The van der Waals surface area contributed by atoms with Gasteiger partial charge in [-0.1, -0.05) is 12.2 Å². The summed E-state index contributed by atoms with van der Waals surface area (Å²) in [4.78, 5) is 2.30. The number of hydrogen-bond acceptors (Lipinski definition) is 3. The number of thiol groups is 1. The van der Waals surface area contributed by atoms with Crippen molar-refractivity contribution in [2.45, 2.75) is 26.3 Å². The highest BCUT2D eigenvalue weighted by atomic mass is 32.1. The minimum absolute atomic E-state index is 0.260. The molecule has 0 aliphatic heterocycles. The molecule has 0 bridgehead atoms. The van der Waals surface area contributed by atoms with Crippen LogP contribution in [0.1, 0.15) is 20.3 Å². The lowest BCUT2D eigenvalue weighted by atomic mass is 10.2. The van der Waals surface area contributed by atoms with E-state index in [4.69, 9.17) is 5.11 Å². The Labute approximate surface area is 87.0 Å². The first-order valence-corrected chi connectivity index (χ1v) is 5.37. The molecule has 2 nitrogen and oxygen atoms in total. The van der Waals surface area contributed by atoms with Gasteiger partial charge in [0.05, 0.1) is 0 Å². The molecule has 0 aliphatic carbocycles. The second-order valence-corrected chi connectivity index (χ2v) is 3.87. The topological polar surface area (TPSA) is 23.5 Å². The lowest BCUT2D eigenvalue weighted by Crippen LogP contribution is -2.34. The van der Waals surface area contributed by atoms with E-state index in [9.17, 15) is 0 Å². The van der Waals surface area contributed by atoms with E-state index in [0.717, 1.165) is 30.8 Å². The van der Waals surface area contributed by atoms with Crippen molar-refractivity contribution >= 4 is 12.6 Å². The molecular weight excluding hydrogens is 182 g/mol. The average molecular weight is 203 g/mol. The standard InChI is InChI=1S/C10H21NOS/c1-9(2)11(5-4-6-12)7-10(3)8-13/h9,12-13H,3-8H2,1-2H3. The zero-order valence-corrected chi connectivity index (χ0v) is 9.56. The van der Waals surface area contributed by atoms with Crippen LogP contribution in [0.25, 0.3) is 0 Å². The number of nitrogens with zero attached hydrogens (tertiary/aromatic N) is 1. The predicted octanol–water partition coefficient (Wildman–Crippen LogP) is 1.57. The van der Waals surface area contributed by atoms with Crippen LogP contribution < -0.4 is 0 Å². The maximum atomic E-state index is 8.72. The summed E-state index contributed by atoms with van der Waals surface area (Å²) in [5, 5.41) is 8.72. The molecule has 78 valence electrons. The smallest absolute Gasteiger partial charge is 0.0443 e. The Kier molecular flexibility index (Phi) is 7.42. The second kappa shape index (κ2) is 7.42. The van der Waals surface area contributed by atoms with Crippen molar-refractivity contribution in [1.29, 1.82) is 0 Å². The van der Waals surface area contributed by atoms with Crippen molar-refractivity contribution in [1.82, 2.24) is 4.90 Å². The maximum Gasteiger partial charge on any atom is 0.0443 e. The lowest BCUT2D eigenvalue weighted by Gasteiger charge is -2.26. The van der Waals surface area contributed by atoms with E-state index >= 15 is 0 Å². The summed E-state index contributed by atoms with van der Waals surface area (Å²) in [5.41, 5.74) is 1.13. The van der Waals surface area contributed by atoms with Crippen molar-refractivity contribution in [2.24, 2.45) is 0 Å². The fourth-order valence-corrected chi connectivity index (χ4v) is 1.23. The van der Waals surface area contributed by atoms with Crippen LogP contribution in [-0.4, -0.2) is 41.5 Å². The Bertz CT molecular complexity index is 148. The first kappa shape index (κ1) is 13.0. The van der Waals surface area contributed by atoms with Crippen LogP contribution in [-0.2, 0) is 0 Å². The summed E-state index contributed by atoms with van der Waals surface area (Å²) in [5.74, 6) is 0.738. The summed E-state index contributed by atoms with van der Waals surface area (Å²) < 4.78 is 0. The second-order valence-electron chi connectivity index (χ2n) is 3.55. The third-order valence-electron chi connectivity index (χ3n) is 1.98. The van der Waals surface area contributed by atoms with E-state index in [1.54, 1.807) is 0 Å². The average Bonchev–Trinajstić information content (AvgIpc) is 2.11. The first-order chi connectivity index (χ1) is 6.11. The van der Waals surface area contributed by atoms with E-state index in [0.29, 0.717) is 6.04 Å². The highest BCUT2D eigenvalue weighted by Gasteiger charge is 2.09. The van der Waals surface area contributed by atoms with E-state index < -0.39 is 0 Å². The molecule has 0 aliphatic rings. The normalized spacial score (nSPS) is 11.2. The van der Waals surface area contributed by atoms with Gasteiger partial charge >= 0.3 is 0 Å². The van der Waals surface area contributed by atoms with Gasteiger partial charge in [0.2, 0.25) is 0 Å². The number of hydrogen-bond donors (Lipinski definition) is 2. The zero-order valence-electron chi connectivity index (χ0n) is 8.66. The molecule has 0 saturated carbocycles. The largest absolute Gasteiger partial charge is 0.396 e. The van der Waals surface area contributed by atoms with E-state index in [-0.39, 0.29) is 6.61 Å². The van der Waals surface area contributed by atoms with Crippen LogP contribution in [0.5, 0.6) is 0 Å². The molecule has 1 N–H and O–H groups in total. The summed E-state index contributed by atoms with van der Waals surface area (Å²) in [6.07, 6.45) is 0.831. The van der Waals surface area contributed by atoms with Gasteiger partial charge in [0.25, 0.3) is 0 Å². The Balaban J connectivity index is 3.87. The molecule has 3 heteroatoms. The molecule has 0 aromatic rings. The van der Waals surface area contributed by atoms with Crippen molar-refractivity contribution in [3.8, 4) is 0 Å². The van der Waals surface area contributed by atoms with Crippen LogP contribution in [0, 0.1) is 0 Å². The fourth-order valence-electron chi connectivity index (χ4n) is 1.13. The third kappa shape index (κ3) is 6.13. The summed E-state index contributed by atoms with van der Waals surface area (Å²) >= 11 is 4.17. The van der Waals surface area contributed by atoms with Crippen LogP contribution in [0.4, 0.5) is 0 Å². The highest BCUT2D eigenvalue weighted by molar-refractivity contribution is 7.80.